The fraction of sp³-hybridized carbons (Fsp3) is 0.462. The number of amides is 2. The first kappa shape index (κ1) is 14.3. The van der Waals surface area contributed by atoms with Crippen molar-refractivity contribution in [3.8, 4) is 5.75 Å². The van der Waals surface area contributed by atoms with E-state index < -0.39 is 0 Å². The van der Waals surface area contributed by atoms with Gasteiger partial charge in [-0.2, -0.15) is 0 Å². The van der Waals surface area contributed by atoms with Gasteiger partial charge in [0.15, 0.2) is 0 Å². The number of urea groups is 1. The average Bonchev–Trinajstić information content (AvgIpc) is 2.35. The number of nitrogens with one attached hydrogen (secondary N) is 2. The van der Waals surface area contributed by atoms with Crippen LogP contribution in [0.1, 0.15) is 13.8 Å². The molecule has 0 fully saturated rings. The molecule has 0 aromatic heterocycles. The van der Waals surface area contributed by atoms with E-state index in [2.05, 4.69) is 10.6 Å². The number of hydrogen-bond donors (Lipinski definition) is 3. The summed E-state index contributed by atoms with van der Waals surface area (Å²) < 4.78 is 5.07. The van der Waals surface area contributed by atoms with Crippen molar-refractivity contribution >= 4 is 11.7 Å². The van der Waals surface area contributed by atoms with Crippen LogP contribution in [0.15, 0.2) is 24.3 Å². The van der Waals surface area contributed by atoms with Crippen molar-refractivity contribution in [3.63, 3.8) is 0 Å². The molecule has 3 N–H and O–H groups in total. The highest BCUT2D eigenvalue weighted by Crippen LogP contribution is 2.16. The largest absolute Gasteiger partial charge is 0.497 e. The lowest BCUT2D eigenvalue weighted by molar-refractivity contribution is 0.204. The maximum atomic E-state index is 11.7. The molecule has 1 atom stereocenters. The topological polar surface area (TPSA) is 70.6 Å². The maximum absolute atomic E-state index is 11.7. The van der Waals surface area contributed by atoms with Crippen LogP contribution in [0.5, 0.6) is 5.75 Å². The van der Waals surface area contributed by atoms with Crippen molar-refractivity contribution in [2.45, 2.75) is 19.9 Å². The van der Waals surface area contributed by atoms with Gasteiger partial charge in [0.2, 0.25) is 0 Å². The highest BCUT2D eigenvalue weighted by atomic mass is 16.5. The number of hydrogen-bond acceptors (Lipinski definition) is 3. The van der Waals surface area contributed by atoms with E-state index in [-0.39, 0.29) is 24.6 Å². The Labute approximate surface area is 107 Å². The molecule has 5 heteroatoms. The van der Waals surface area contributed by atoms with Crippen LogP contribution in [0, 0.1) is 5.92 Å². The molecule has 0 unspecified atom stereocenters. The van der Waals surface area contributed by atoms with Crippen LogP contribution in [0.3, 0.4) is 0 Å². The molecule has 5 nitrogen and oxygen atoms in total. The number of rotatable bonds is 5. The van der Waals surface area contributed by atoms with Crippen LogP contribution < -0.4 is 15.4 Å². The number of aliphatic hydroxyl groups excluding tert-OH is 1. The Bertz CT molecular complexity index is 394. The Hall–Kier alpha value is -1.75. The zero-order valence-electron chi connectivity index (χ0n) is 10.9. The summed E-state index contributed by atoms with van der Waals surface area (Å²) in [4.78, 5) is 11.7. The van der Waals surface area contributed by atoms with E-state index in [0.29, 0.717) is 11.4 Å². The molecule has 0 bridgehead atoms. The standard InChI is InChI=1S/C13H20N2O3/c1-9(2)12(8-16)15-13(17)14-10-5-4-6-11(7-10)18-3/h4-7,9,12,16H,8H2,1-3H3,(H2,14,15,17)/t12-/m1/s1. The minimum Gasteiger partial charge on any atom is -0.497 e. The molecule has 1 aromatic rings. The van der Waals surface area contributed by atoms with E-state index in [1.165, 1.54) is 0 Å². The Morgan fingerprint density at radius 3 is 2.72 bits per heavy atom. The lowest BCUT2D eigenvalue weighted by Crippen LogP contribution is -2.43. The molecular weight excluding hydrogens is 232 g/mol. The van der Waals surface area contributed by atoms with E-state index >= 15 is 0 Å². The van der Waals surface area contributed by atoms with E-state index in [1.54, 1.807) is 31.4 Å². The third kappa shape index (κ3) is 4.25. The first-order chi connectivity index (χ1) is 8.56. The van der Waals surface area contributed by atoms with Crippen molar-refractivity contribution < 1.29 is 14.6 Å². The van der Waals surface area contributed by atoms with Crippen LogP contribution in [-0.4, -0.2) is 30.9 Å². The number of carbonyl (C=O) groups excluding carboxylic acids is 1. The smallest absolute Gasteiger partial charge is 0.319 e. The molecule has 1 aromatic carbocycles. The van der Waals surface area contributed by atoms with Gasteiger partial charge in [0.1, 0.15) is 5.75 Å². The molecular formula is C13H20N2O3. The van der Waals surface area contributed by atoms with Crippen LogP contribution in [0.2, 0.25) is 0 Å². The van der Waals surface area contributed by atoms with E-state index in [0.717, 1.165) is 0 Å². The van der Waals surface area contributed by atoms with Gasteiger partial charge in [0, 0.05) is 11.8 Å². The van der Waals surface area contributed by atoms with Crippen LogP contribution in [0.4, 0.5) is 10.5 Å². The van der Waals surface area contributed by atoms with Crippen molar-refractivity contribution in [2.24, 2.45) is 5.92 Å². The lowest BCUT2D eigenvalue weighted by atomic mass is 10.1. The SMILES string of the molecule is COc1cccc(NC(=O)N[C@H](CO)C(C)C)c1. The summed E-state index contributed by atoms with van der Waals surface area (Å²) in [6.07, 6.45) is 0. The lowest BCUT2D eigenvalue weighted by Gasteiger charge is -2.20. The molecule has 0 radical (unpaired) electrons. The monoisotopic (exact) mass is 252 g/mol. The van der Waals surface area contributed by atoms with Gasteiger partial charge in [-0.25, -0.2) is 4.79 Å². The first-order valence-corrected chi connectivity index (χ1v) is 5.89. The number of aliphatic hydroxyl groups is 1. The molecule has 0 aliphatic heterocycles. The van der Waals surface area contributed by atoms with Gasteiger partial charge < -0.3 is 20.5 Å². The molecule has 0 saturated heterocycles. The molecule has 0 spiro atoms. The molecule has 1 rings (SSSR count). The van der Waals surface area contributed by atoms with Gasteiger partial charge in [-0.15, -0.1) is 0 Å². The van der Waals surface area contributed by atoms with E-state index in [1.807, 2.05) is 13.8 Å². The predicted octanol–water partition coefficient (Wildman–Crippen LogP) is 1.83. The molecule has 2 amide bonds. The van der Waals surface area contributed by atoms with Crippen LogP contribution in [0.25, 0.3) is 0 Å². The Balaban J connectivity index is 2.58. The third-order valence-electron chi connectivity index (χ3n) is 2.65. The minimum atomic E-state index is -0.337. The number of carbonyl (C=O) groups is 1. The van der Waals surface area contributed by atoms with Crippen LogP contribution in [-0.2, 0) is 0 Å². The number of anilines is 1. The van der Waals surface area contributed by atoms with Crippen molar-refractivity contribution in [1.29, 1.82) is 0 Å². The maximum Gasteiger partial charge on any atom is 0.319 e. The van der Waals surface area contributed by atoms with Gasteiger partial charge in [-0.3, -0.25) is 0 Å². The van der Waals surface area contributed by atoms with Crippen molar-refractivity contribution in [3.05, 3.63) is 24.3 Å². The summed E-state index contributed by atoms with van der Waals surface area (Å²) in [5.41, 5.74) is 0.646. The van der Waals surface area contributed by atoms with Crippen LogP contribution >= 0.6 is 0 Å². The predicted molar refractivity (Wildman–Crippen MR) is 70.9 cm³/mol. The number of methoxy groups -OCH3 is 1. The van der Waals surface area contributed by atoms with E-state index in [4.69, 9.17) is 9.84 Å². The average molecular weight is 252 g/mol. The normalized spacial score (nSPS) is 12.1. The third-order valence-corrected chi connectivity index (χ3v) is 2.65. The molecule has 100 valence electrons. The summed E-state index contributed by atoms with van der Waals surface area (Å²) in [6.45, 7) is 3.79. The molecule has 0 aliphatic rings. The molecule has 0 aliphatic carbocycles. The second kappa shape index (κ2) is 6.86. The van der Waals surface area contributed by atoms with Gasteiger partial charge in [0.05, 0.1) is 19.8 Å². The quantitative estimate of drug-likeness (QED) is 0.748. The van der Waals surface area contributed by atoms with Gasteiger partial charge in [-0.05, 0) is 18.1 Å². The highest BCUT2D eigenvalue weighted by Gasteiger charge is 2.14. The van der Waals surface area contributed by atoms with E-state index in [9.17, 15) is 4.79 Å². The number of ether oxygens (including phenoxy) is 1. The molecule has 0 heterocycles. The van der Waals surface area contributed by atoms with Crippen molar-refractivity contribution in [1.82, 2.24) is 5.32 Å². The summed E-state index contributed by atoms with van der Waals surface area (Å²) in [7, 11) is 1.57. The Morgan fingerprint density at radius 1 is 1.44 bits per heavy atom. The van der Waals surface area contributed by atoms with Gasteiger partial charge in [0.25, 0.3) is 0 Å². The Morgan fingerprint density at radius 2 is 2.17 bits per heavy atom. The second-order valence-corrected chi connectivity index (χ2v) is 4.36. The minimum absolute atomic E-state index is 0.0802. The zero-order chi connectivity index (χ0) is 13.5. The van der Waals surface area contributed by atoms with Crippen molar-refractivity contribution in [2.75, 3.05) is 19.0 Å². The highest BCUT2D eigenvalue weighted by molar-refractivity contribution is 5.89. The first-order valence-electron chi connectivity index (χ1n) is 5.89. The summed E-state index contributed by atoms with van der Waals surface area (Å²) >= 11 is 0. The summed E-state index contributed by atoms with van der Waals surface area (Å²) in [5.74, 6) is 0.849. The molecule has 0 saturated carbocycles. The van der Waals surface area contributed by atoms with Gasteiger partial charge >= 0.3 is 6.03 Å². The van der Waals surface area contributed by atoms with Gasteiger partial charge in [-0.1, -0.05) is 19.9 Å². The summed E-state index contributed by atoms with van der Waals surface area (Å²) in [6, 6.07) is 6.49. The fourth-order valence-electron chi connectivity index (χ4n) is 1.46. The second-order valence-electron chi connectivity index (χ2n) is 4.36. The molecule has 18 heavy (non-hydrogen) atoms. The fourth-order valence-corrected chi connectivity index (χ4v) is 1.46. The Kier molecular flexibility index (Phi) is 5.45. The summed E-state index contributed by atoms with van der Waals surface area (Å²) in [5, 5.41) is 14.5. The zero-order valence-corrected chi connectivity index (χ0v) is 10.9. The number of benzene rings is 1.